The highest BCUT2D eigenvalue weighted by molar-refractivity contribution is 8.15. The quantitative estimate of drug-likeness (QED) is 0.644. The predicted molar refractivity (Wildman–Crippen MR) is 115 cm³/mol. The van der Waals surface area contributed by atoms with Gasteiger partial charge in [0, 0.05) is 17.7 Å². The van der Waals surface area contributed by atoms with E-state index in [1.807, 2.05) is 36.9 Å². The minimum Gasteiger partial charge on any atom is -0.493 e. The van der Waals surface area contributed by atoms with Crippen molar-refractivity contribution < 1.29 is 22.7 Å². The largest absolute Gasteiger partial charge is 0.493 e. The molecule has 0 unspecified atom stereocenters. The summed E-state index contributed by atoms with van der Waals surface area (Å²) >= 11 is 1.42. The van der Waals surface area contributed by atoms with E-state index in [1.54, 1.807) is 14.2 Å². The Kier molecular flexibility index (Phi) is 6.78. The van der Waals surface area contributed by atoms with Gasteiger partial charge in [-0.2, -0.15) is 4.99 Å². The van der Waals surface area contributed by atoms with Crippen molar-refractivity contribution >= 4 is 32.7 Å². The second-order valence-corrected chi connectivity index (χ2v) is 10.7. The molecule has 0 bridgehead atoms. The van der Waals surface area contributed by atoms with Crippen LogP contribution in [0.3, 0.4) is 0 Å². The molecule has 7 nitrogen and oxygen atoms in total. The van der Waals surface area contributed by atoms with Crippen molar-refractivity contribution in [2.75, 3.05) is 25.7 Å². The number of amides is 1. The van der Waals surface area contributed by atoms with Crippen LogP contribution in [0.1, 0.15) is 32.3 Å². The molecule has 3 rings (SSSR count). The van der Waals surface area contributed by atoms with Crippen molar-refractivity contribution in [3.63, 3.8) is 0 Å². The number of methoxy groups -OCH3 is 2. The lowest BCUT2D eigenvalue weighted by atomic mass is 10.0. The molecule has 29 heavy (non-hydrogen) atoms. The van der Waals surface area contributed by atoms with Crippen molar-refractivity contribution in [3.05, 3.63) is 23.8 Å². The summed E-state index contributed by atoms with van der Waals surface area (Å²) in [6.07, 6.45) is 1.49. The van der Waals surface area contributed by atoms with Crippen LogP contribution in [0, 0.1) is 5.92 Å². The minimum absolute atomic E-state index is 0.0894. The summed E-state index contributed by atoms with van der Waals surface area (Å²) in [6.45, 7) is 4.42. The first-order valence-electron chi connectivity index (χ1n) is 9.79. The molecule has 0 N–H and O–H groups in total. The summed E-state index contributed by atoms with van der Waals surface area (Å²) in [5, 5.41) is 0.537. The van der Waals surface area contributed by atoms with Crippen LogP contribution in [-0.4, -0.2) is 61.4 Å². The van der Waals surface area contributed by atoms with Crippen molar-refractivity contribution in [2.24, 2.45) is 10.9 Å². The zero-order valence-electron chi connectivity index (χ0n) is 17.3. The van der Waals surface area contributed by atoms with E-state index in [0.717, 1.165) is 18.4 Å². The molecule has 1 amide bonds. The minimum atomic E-state index is -3.08. The molecule has 2 atom stereocenters. The van der Waals surface area contributed by atoms with Crippen molar-refractivity contribution in [1.82, 2.24) is 4.90 Å². The van der Waals surface area contributed by atoms with Gasteiger partial charge in [-0.05, 0) is 30.5 Å². The number of nitrogens with zero attached hydrogens (tertiary/aromatic N) is 2. The third kappa shape index (κ3) is 4.71. The number of amidine groups is 1. The van der Waals surface area contributed by atoms with E-state index in [9.17, 15) is 13.2 Å². The fourth-order valence-corrected chi connectivity index (χ4v) is 7.78. The highest BCUT2D eigenvalue weighted by Gasteiger charge is 2.48. The molecule has 0 aromatic heterocycles. The molecule has 0 radical (unpaired) electrons. The molecule has 0 spiro atoms. The smallest absolute Gasteiger partial charge is 0.251 e. The molecular weight excluding hydrogens is 412 g/mol. The van der Waals surface area contributed by atoms with Crippen LogP contribution in [-0.2, 0) is 21.2 Å². The van der Waals surface area contributed by atoms with Gasteiger partial charge in [-0.1, -0.05) is 31.7 Å². The third-order valence-electron chi connectivity index (χ3n) is 5.52. The normalized spacial score (nSPS) is 24.2. The molecule has 2 fully saturated rings. The average Bonchev–Trinajstić information content (AvgIpc) is 3.14. The van der Waals surface area contributed by atoms with Crippen LogP contribution >= 0.6 is 11.8 Å². The molecule has 0 aliphatic carbocycles. The molecule has 1 aromatic carbocycles. The van der Waals surface area contributed by atoms with Gasteiger partial charge in [0.05, 0.1) is 31.8 Å². The number of hydrogen-bond donors (Lipinski definition) is 0. The molecule has 0 saturated carbocycles. The number of ether oxygens (including phenoxy) is 2. The van der Waals surface area contributed by atoms with Crippen molar-refractivity contribution in [3.8, 4) is 11.5 Å². The van der Waals surface area contributed by atoms with Gasteiger partial charge in [0.25, 0.3) is 5.91 Å². The van der Waals surface area contributed by atoms with Gasteiger partial charge in [0.1, 0.15) is 0 Å². The number of carbonyl (C=O) groups excluding carboxylic acids is 1. The van der Waals surface area contributed by atoms with E-state index >= 15 is 0 Å². The lowest BCUT2D eigenvalue weighted by Crippen LogP contribution is -2.37. The maximum Gasteiger partial charge on any atom is 0.251 e. The number of hydrogen-bond acceptors (Lipinski definition) is 6. The summed E-state index contributed by atoms with van der Waals surface area (Å²) in [6, 6.07) is 5.45. The maximum atomic E-state index is 12.6. The van der Waals surface area contributed by atoms with E-state index in [2.05, 4.69) is 4.99 Å². The Morgan fingerprint density at radius 2 is 1.90 bits per heavy atom. The Hall–Kier alpha value is -1.74. The van der Waals surface area contributed by atoms with Crippen molar-refractivity contribution in [2.45, 2.75) is 44.5 Å². The summed E-state index contributed by atoms with van der Waals surface area (Å²) in [5.74, 6) is 1.23. The van der Waals surface area contributed by atoms with E-state index in [4.69, 9.17) is 9.47 Å². The molecule has 9 heteroatoms. The number of benzene rings is 1. The zero-order chi connectivity index (χ0) is 21.2. The Labute approximate surface area is 176 Å². The SMILES string of the molecule is CCC(CC)C(=O)N=C1S[C@H]2CS(=O)(=O)C[C@H]2N1Cc1ccc(OC)c(OC)c1. The second kappa shape index (κ2) is 8.95. The summed E-state index contributed by atoms with van der Waals surface area (Å²) in [7, 11) is 0.0788. The Morgan fingerprint density at radius 1 is 1.21 bits per heavy atom. The summed E-state index contributed by atoms with van der Waals surface area (Å²) < 4.78 is 35.0. The first kappa shape index (κ1) is 22.0. The Morgan fingerprint density at radius 3 is 2.52 bits per heavy atom. The number of fused-ring (bicyclic) bond motifs is 1. The van der Waals surface area contributed by atoms with Gasteiger partial charge in [-0.3, -0.25) is 4.79 Å². The summed E-state index contributed by atoms with van der Waals surface area (Å²) in [5.41, 5.74) is 0.941. The molecule has 2 aliphatic rings. The highest BCUT2D eigenvalue weighted by Crippen LogP contribution is 2.40. The van der Waals surface area contributed by atoms with Crippen LogP contribution in [0.5, 0.6) is 11.5 Å². The number of rotatable bonds is 7. The number of thioether (sulfide) groups is 1. The van der Waals surface area contributed by atoms with Gasteiger partial charge in [-0.15, -0.1) is 0 Å². The van der Waals surface area contributed by atoms with Crippen LogP contribution in [0.2, 0.25) is 0 Å². The summed E-state index contributed by atoms with van der Waals surface area (Å²) in [4.78, 5) is 19.0. The highest BCUT2D eigenvalue weighted by atomic mass is 32.2. The van der Waals surface area contributed by atoms with Crippen molar-refractivity contribution in [1.29, 1.82) is 0 Å². The molecule has 1 aromatic rings. The van der Waals surface area contributed by atoms with Gasteiger partial charge < -0.3 is 14.4 Å². The standard InChI is InChI=1S/C20H28N2O5S2/c1-5-14(6-2)19(23)21-20-22(15-11-29(24,25)12-18(15)28-20)10-13-7-8-16(26-3)17(9-13)27-4/h7-9,14-15,18H,5-6,10-12H2,1-4H3/t15-,18+/m1/s1. The molecular formula is C20H28N2O5S2. The Bertz CT molecular complexity index is 896. The van der Waals surface area contributed by atoms with Gasteiger partial charge in [0.2, 0.25) is 0 Å². The van der Waals surface area contributed by atoms with Crippen LogP contribution in [0.15, 0.2) is 23.2 Å². The van der Waals surface area contributed by atoms with E-state index in [1.165, 1.54) is 11.8 Å². The fourth-order valence-electron chi connectivity index (χ4n) is 3.82. The third-order valence-corrected chi connectivity index (χ3v) is 8.76. The fraction of sp³-hybridized carbons (Fsp3) is 0.600. The number of sulfone groups is 1. The monoisotopic (exact) mass is 440 g/mol. The second-order valence-electron chi connectivity index (χ2n) is 7.36. The van der Waals surface area contributed by atoms with Gasteiger partial charge in [0.15, 0.2) is 26.5 Å². The molecule has 2 aliphatic heterocycles. The molecule has 160 valence electrons. The van der Waals surface area contributed by atoms with E-state index in [0.29, 0.717) is 23.2 Å². The van der Waals surface area contributed by atoms with Gasteiger partial charge in [-0.25, -0.2) is 8.42 Å². The number of carbonyl (C=O) groups is 1. The lowest BCUT2D eigenvalue weighted by molar-refractivity contribution is -0.121. The Balaban J connectivity index is 1.91. The zero-order valence-corrected chi connectivity index (χ0v) is 18.9. The topological polar surface area (TPSA) is 85.3 Å². The number of aliphatic imine (C=N–C) groups is 1. The maximum absolute atomic E-state index is 12.6. The van der Waals surface area contributed by atoms with Gasteiger partial charge >= 0.3 is 0 Å². The predicted octanol–water partition coefficient (Wildman–Crippen LogP) is 2.74. The van der Waals surface area contributed by atoms with Crippen LogP contribution in [0.4, 0.5) is 0 Å². The van der Waals surface area contributed by atoms with E-state index in [-0.39, 0.29) is 34.6 Å². The van der Waals surface area contributed by atoms with E-state index < -0.39 is 9.84 Å². The molecule has 2 heterocycles. The molecule has 2 saturated heterocycles. The average molecular weight is 441 g/mol. The lowest BCUT2D eigenvalue weighted by Gasteiger charge is -2.25. The van der Waals surface area contributed by atoms with Crippen LogP contribution < -0.4 is 9.47 Å². The first-order valence-corrected chi connectivity index (χ1v) is 12.5. The van der Waals surface area contributed by atoms with Crippen LogP contribution in [0.25, 0.3) is 0 Å². The first-order chi connectivity index (χ1) is 13.8.